The van der Waals surface area contributed by atoms with Gasteiger partial charge in [0.25, 0.3) is 0 Å². The van der Waals surface area contributed by atoms with E-state index in [1.165, 1.54) is 7.11 Å². The molecule has 0 atom stereocenters. The van der Waals surface area contributed by atoms with E-state index in [2.05, 4.69) is 0 Å². The largest absolute Gasteiger partial charge is 0.497 e. The van der Waals surface area contributed by atoms with Gasteiger partial charge in [-0.2, -0.15) is 0 Å². The molecule has 0 saturated carbocycles. The zero-order valence-electron chi connectivity index (χ0n) is 13.2. The van der Waals surface area contributed by atoms with Gasteiger partial charge in [0.15, 0.2) is 11.6 Å². The number of halogens is 2. The first kappa shape index (κ1) is 17.5. The Morgan fingerprint density at radius 3 is 2.42 bits per heavy atom. The molecule has 4 nitrogen and oxygen atoms in total. The van der Waals surface area contributed by atoms with Crippen molar-refractivity contribution in [2.75, 3.05) is 13.7 Å². The minimum atomic E-state index is -0.871. The molecule has 0 aromatic heterocycles. The second-order valence-electron chi connectivity index (χ2n) is 4.67. The predicted molar refractivity (Wildman–Crippen MR) is 84.6 cm³/mol. The fourth-order valence-corrected chi connectivity index (χ4v) is 1.91. The molecule has 0 aliphatic carbocycles. The normalized spacial score (nSPS) is 11.1. The first-order valence-electron chi connectivity index (χ1n) is 7.18. The van der Waals surface area contributed by atoms with E-state index in [4.69, 9.17) is 14.2 Å². The van der Waals surface area contributed by atoms with Crippen molar-refractivity contribution in [3.63, 3.8) is 0 Å². The molecule has 0 unspecified atom stereocenters. The zero-order chi connectivity index (χ0) is 17.5. The molecule has 0 heterocycles. The van der Waals surface area contributed by atoms with E-state index in [-0.39, 0.29) is 17.9 Å². The first-order valence-corrected chi connectivity index (χ1v) is 7.18. The third-order valence-electron chi connectivity index (χ3n) is 3.09. The van der Waals surface area contributed by atoms with Crippen LogP contribution in [0.3, 0.4) is 0 Å². The van der Waals surface area contributed by atoms with Crippen LogP contribution in [0.1, 0.15) is 12.5 Å². The van der Waals surface area contributed by atoms with E-state index in [1.807, 2.05) is 0 Å². The Hall–Kier alpha value is -2.89. The topological polar surface area (TPSA) is 44.8 Å². The van der Waals surface area contributed by atoms with Crippen molar-refractivity contribution in [2.24, 2.45) is 0 Å². The van der Waals surface area contributed by atoms with Crippen molar-refractivity contribution >= 4 is 11.5 Å². The second kappa shape index (κ2) is 8.10. The Morgan fingerprint density at radius 2 is 1.83 bits per heavy atom. The third-order valence-corrected chi connectivity index (χ3v) is 3.09. The number of rotatable bonds is 6. The Balaban J connectivity index is 2.32. The van der Waals surface area contributed by atoms with Crippen molar-refractivity contribution in [2.45, 2.75) is 6.92 Å². The van der Waals surface area contributed by atoms with Crippen LogP contribution in [0.25, 0.3) is 5.57 Å². The molecule has 0 radical (unpaired) electrons. The van der Waals surface area contributed by atoms with E-state index in [9.17, 15) is 13.6 Å². The smallest absolute Gasteiger partial charge is 0.341 e. The lowest BCUT2D eigenvalue weighted by Gasteiger charge is -2.09. The molecule has 126 valence electrons. The van der Waals surface area contributed by atoms with Crippen molar-refractivity contribution in [3.05, 3.63) is 65.9 Å². The van der Waals surface area contributed by atoms with E-state index in [0.29, 0.717) is 17.4 Å². The van der Waals surface area contributed by atoms with E-state index in [1.54, 1.807) is 31.2 Å². The summed E-state index contributed by atoms with van der Waals surface area (Å²) in [7, 11) is 1.53. The van der Waals surface area contributed by atoms with Gasteiger partial charge in [-0.05, 0) is 36.8 Å². The van der Waals surface area contributed by atoms with Gasteiger partial charge in [0, 0.05) is 6.07 Å². The van der Waals surface area contributed by atoms with Crippen LogP contribution in [0.15, 0.2) is 48.7 Å². The molecule has 0 fully saturated rings. The van der Waals surface area contributed by atoms with Gasteiger partial charge in [0.05, 0.1) is 13.7 Å². The zero-order valence-corrected chi connectivity index (χ0v) is 13.2. The lowest BCUT2D eigenvalue weighted by Crippen LogP contribution is -2.08. The van der Waals surface area contributed by atoms with Crippen molar-refractivity contribution in [1.82, 2.24) is 0 Å². The van der Waals surface area contributed by atoms with Gasteiger partial charge in [0.1, 0.15) is 23.4 Å². The molecule has 2 rings (SSSR count). The summed E-state index contributed by atoms with van der Waals surface area (Å²) in [5, 5.41) is 0. The minimum Gasteiger partial charge on any atom is -0.497 e. The number of hydrogen-bond donors (Lipinski definition) is 0. The number of ether oxygens (including phenoxy) is 3. The molecular weight excluding hydrogens is 318 g/mol. The van der Waals surface area contributed by atoms with Gasteiger partial charge in [-0.3, -0.25) is 0 Å². The third kappa shape index (κ3) is 4.32. The SMILES string of the molecule is CCOC(=O)/C(=C\Oc1ccc(F)cc1F)c1ccc(OC)cc1. The maximum absolute atomic E-state index is 13.6. The van der Waals surface area contributed by atoms with Crippen LogP contribution in [-0.4, -0.2) is 19.7 Å². The maximum Gasteiger partial charge on any atom is 0.341 e. The average molecular weight is 334 g/mol. The van der Waals surface area contributed by atoms with Gasteiger partial charge in [0.2, 0.25) is 0 Å². The maximum atomic E-state index is 13.6. The number of hydrogen-bond acceptors (Lipinski definition) is 4. The lowest BCUT2D eigenvalue weighted by atomic mass is 10.1. The molecule has 0 aliphatic rings. The Bertz CT molecular complexity index is 739. The van der Waals surface area contributed by atoms with Crippen LogP contribution in [0.5, 0.6) is 11.5 Å². The van der Waals surface area contributed by atoms with Crippen LogP contribution in [0.4, 0.5) is 8.78 Å². The molecule has 0 spiro atoms. The molecule has 2 aromatic carbocycles. The predicted octanol–water partition coefficient (Wildman–Crippen LogP) is 3.96. The fourth-order valence-electron chi connectivity index (χ4n) is 1.91. The van der Waals surface area contributed by atoms with Crippen LogP contribution in [-0.2, 0) is 9.53 Å². The lowest BCUT2D eigenvalue weighted by molar-refractivity contribution is -0.136. The molecule has 0 bridgehead atoms. The molecule has 24 heavy (non-hydrogen) atoms. The summed E-state index contributed by atoms with van der Waals surface area (Å²) in [4.78, 5) is 12.1. The Kier molecular flexibility index (Phi) is 5.89. The first-order chi connectivity index (χ1) is 11.5. The summed E-state index contributed by atoms with van der Waals surface area (Å²) in [6.07, 6.45) is 1.08. The highest BCUT2D eigenvalue weighted by Gasteiger charge is 2.15. The van der Waals surface area contributed by atoms with Crippen LogP contribution in [0, 0.1) is 11.6 Å². The number of benzene rings is 2. The monoisotopic (exact) mass is 334 g/mol. The van der Waals surface area contributed by atoms with Gasteiger partial charge in [-0.15, -0.1) is 0 Å². The number of carbonyl (C=O) groups is 1. The van der Waals surface area contributed by atoms with Crippen molar-refractivity contribution in [3.8, 4) is 11.5 Å². The standard InChI is InChI=1S/C18H16F2O4/c1-3-23-18(21)15(12-4-7-14(22-2)8-5-12)11-24-17-9-6-13(19)10-16(17)20/h4-11H,3H2,1-2H3/b15-11-. The summed E-state index contributed by atoms with van der Waals surface area (Å²) >= 11 is 0. The van der Waals surface area contributed by atoms with Gasteiger partial charge >= 0.3 is 5.97 Å². The van der Waals surface area contributed by atoms with Crippen molar-refractivity contribution in [1.29, 1.82) is 0 Å². The van der Waals surface area contributed by atoms with Crippen LogP contribution >= 0.6 is 0 Å². The highest BCUT2D eigenvalue weighted by molar-refractivity contribution is 6.16. The Morgan fingerprint density at radius 1 is 1.12 bits per heavy atom. The summed E-state index contributed by atoms with van der Waals surface area (Å²) in [6, 6.07) is 9.52. The summed E-state index contributed by atoms with van der Waals surface area (Å²) in [6.45, 7) is 1.85. The molecule has 0 N–H and O–H groups in total. The molecule has 6 heteroatoms. The highest BCUT2D eigenvalue weighted by atomic mass is 19.1. The number of esters is 1. The summed E-state index contributed by atoms with van der Waals surface area (Å²) < 4.78 is 41.8. The number of methoxy groups -OCH3 is 1. The van der Waals surface area contributed by atoms with Crippen molar-refractivity contribution < 1.29 is 27.8 Å². The molecule has 0 aliphatic heterocycles. The fraction of sp³-hybridized carbons (Fsp3) is 0.167. The van der Waals surface area contributed by atoms with Gasteiger partial charge in [-0.25, -0.2) is 13.6 Å². The second-order valence-corrected chi connectivity index (χ2v) is 4.67. The molecule has 2 aromatic rings. The van der Waals surface area contributed by atoms with Gasteiger partial charge in [-0.1, -0.05) is 12.1 Å². The summed E-state index contributed by atoms with van der Waals surface area (Å²) in [5.74, 6) is -1.79. The minimum absolute atomic E-state index is 0.100. The van der Waals surface area contributed by atoms with E-state index < -0.39 is 17.6 Å². The molecule has 0 saturated heterocycles. The molecular formula is C18H16F2O4. The average Bonchev–Trinajstić information content (AvgIpc) is 2.57. The Labute approximate surface area is 138 Å². The van der Waals surface area contributed by atoms with Gasteiger partial charge < -0.3 is 14.2 Å². The molecule has 0 amide bonds. The van der Waals surface area contributed by atoms with Crippen LogP contribution in [0.2, 0.25) is 0 Å². The van der Waals surface area contributed by atoms with E-state index in [0.717, 1.165) is 18.4 Å². The van der Waals surface area contributed by atoms with Crippen LogP contribution < -0.4 is 9.47 Å². The summed E-state index contributed by atoms with van der Waals surface area (Å²) in [5.41, 5.74) is 0.611. The quantitative estimate of drug-likeness (QED) is 0.456. The highest BCUT2D eigenvalue weighted by Crippen LogP contribution is 2.23. The van der Waals surface area contributed by atoms with E-state index >= 15 is 0 Å². The number of carbonyl (C=O) groups excluding carboxylic acids is 1.